The first kappa shape index (κ1) is 15.3. The number of hydroxylamine groups is 3. The number of rotatable bonds is 5. The summed E-state index contributed by atoms with van der Waals surface area (Å²) < 4.78 is 4.67. The van der Waals surface area contributed by atoms with Gasteiger partial charge >= 0.3 is 12.1 Å². The molecule has 0 aromatic carbocycles. The maximum absolute atomic E-state index is 11.9. The first-order chi connectivity index (χ1) is 10.0. The van der Waals surface area contributed by atoms with Gasteiger partial charge < -0.3 is 15.0 Å². The third-order valence-corrected chi connectivity index (χ3v) is 3.44. The zero-order valence-electron chi connectivity index (χ0n) is 11.6. The molecule has 2 saturated heterocycles. The molecule has 4 amide bonds. The number of nitrogens with zero attached hydrogens (tertiary/aromatic N) is 2. The molecule has 2 heterocycles. The summed E-state index contributed by atoms with van der Waals surface area (Å²) >= 11 is 0. The second-order valence-electron chi connectivity index (χ2n) is 4.73. The maximum atomic E-state index is 11.9. The van der Waals surface area contributed by atoms with Gasteiger partial charge in [0.2, 0.25) is 0 Å². The standard InChI is InChI=1S/C11H18N4O6/c1-12-10(17)20-4-5-21-13-9(16)8-3-2-7-6-14(8)11(18)15(7)19/h7-8,19H,2-6H2,1H3,(H,12,17)(H,13,16)/t7-,8+/m1/s1. The van der Waals surface area contributed by atoms with Gasteiger partial charge in [0.15, 0.2) is 0 Å². The van der Waals surface area contributed by atoms with Crippen LogP contribution in [-0.4, -0.2) is 72.1 Å². The van der Waals surface area contributed by atoms with Crippen LogP contribution in [0.2, 0.25) is 0 Å². The Labute approximate surface area is 120 Å². The average molecular weight is 302 g/mol. The summed E-state index contributed by atoms with van der Waals surface area (Å²) in [4.78, 5) is 40.6. The quantitative estimate of drug-likeness (QED) is 0.342. The molecule has 2 fully saturated rings. The largest absolute Gasteiger partial charge is 0.447 e. The molecule has 118 valence electrons. The lowest BCUT2D eigenvalue weighted by molar-refractivity contribution is -0.139. The Morgan fingerprint density at radius 1 is 1.38 bits per heavy atom. The van der Waals surface area contributed by atoms with Gasteiger partial charge in [0, 0.05) is 13.6 Å². The van der Waals surface area contributed by atoms with E-state index in [-0.39, 0.29) is 19.3 Å². The van der Waals surface area contributed by atoms with E-state index in [1.807, 2.05) is 0 Å². The van der Waals surface area contributed by atoms with Gasteiger partial charge in [0.1, 0.15) is 19.3 Å². The number of hydrogen-bond donors (Lipinski definition) is 3. The molecule has 2 atom stereocenters. The van der Waals surface area contributed by atoms with Crippen molar-refractivity contribution in [1.29, 1.82) is 0 Å². The molecule has 0 saturated carbocycles. The Hall–Kier alpha value is -2.07. The lowest BCUT2D eigenvalue weighted by Gasteiger charge is -2.28. The number of amides is 4. The van der Waals surface area contributed by atoms with Crippen LogP contribution in [0.15, 0.2) is 0 Å². The molecule has 10 heteroatoms. The normalized spacial score (nSPS) is 24.0. The van der Waals surface area contributed by atoms with Crippen LogP contribution in [0.5, 0.6) is 0 Å². The average Bonchev–Trinajstić information content (AvgIpc) is 2.71. The van der Waals surface area contributed by atoms with Crippen molar-refractivity contribution >= 4 is 18.0 Å². The summed E-state index contributed by atoms with van der Waals surface area (Å²) in [6.45, 7) is 0.307. The minimum Gasteiger partial charge on any atom is -0.447 e. The number of hydrogen-bond acceptors (Lipinski definition) is 6. The molecule has 0 aliphatic carbocycles. The molecule has 0 aromatic rings. The Kier molecular flexibility index (Phi) is 4.81. The number of ether oxygens (including phenoxy) is 1. The summed E-state index contributed by atoms with van der Waals surface area (Å²) in [6.07, 6.45) is 0.419. The predicted molar refractivity (Wildman–Crippen MR) is 67.0 cm³/mol. The highest BCUT2D eigenvalue weighted by Gasteiger charge is 2.46. The van der Waals surface area contributed by atoms with Crippen LogP contribution < -0.4 is 10.8 Å². The smallest absolute Gasteiger partial charge is 0.406 e. The van der Waals surface area contributed by atoms with E-state index in [4.69, 9.17) is 4.84 Å². The van der Waals surface area contributed by atoms with Crippen LogP contribution in [0.25, 0.3) is 0 Å². The summed E-state index contributed by atoms with van der Waals surface area (Å²) in [7, 11) is 1.43. The van der Waals surface area contributed by atoms with Gasteiger partial charge in [0.05, 0.1) is 6.04 Å². The number of alkyl carbamates (subject to hydrolysis) is 1. The highest BCUT2D eigenvalue weighted by molar-refractivity contribution is 5.87. The van der Waals surface area contributed by atoms with Crippen molar-refractivity contribution in [1.82, 2.24) is 20.8 Å². The van der Waals surface area contributed by atoms with Gasteiger partial charge in [-0.3, -0.25) is 14.8 Å². The van der Waals surface area contributed by atoms with Crippen molar-refractivity contribution in [2.24, 2.45) is 0 Å². The van der Waals surface area contributed by atoms with E-state index in [0.717, 1.165) is 0 Å². The van der Waals surface area contributed by atoms with Crippen molar-refractivity contribution in [2.75, 3.05) is 26.8 Å². The SMILES string of the molecule is CNC(=O)OCCONC(=O)[C@@H]1CC[C@@H]2CN1C(=O)N2O. The van der Waals surface area contributed by atoms with Gasteiger partial charge in [0.25, 0.3) is 5.91 Å². The number of carbonyl (C=O) groups excluding carboxylic acids is 3. The zero-order chi connectivity index (χ0) is 15.4. The summed E-state index contributed by atoms with van der Waals surface area (Å²) in [5, 5.41) is 12.5. The van der Waals surface area contributed by atoms with Crippen molar-refractivity contribution in [3.05, 3.63) is 0 Å². The molecule has 2 aliphatic heterocycles. The third-order valence-electron chi connectivity index (χ3n) is 3.44. The van der Waals surface area contributed by atoms with Crippen molar-refractivity contribution in [3.63, 3.8) is 0 Å². The molecular formula is C11H18N4O6. The monoisotopic (exact) mass is 302 g/mol. The van der Waals surface area contributed by atoms with Crippen LogP contribution >= 0.6 is 0 Å². The van der Waals surface area contributed by atoms with Crippen molar-refractivity contribution in [2.45, 2.75) is 24.9 Å². The molecule has 0 radical (unpaired) electrons. The van der Waals surface area contributed by atoms with E-state index in [0.29, 0.717) is 24.4 Å². The van der Waals surface area contributed by atoms with E-state index in [9.17, 15) is 19.6 Å². The van der Waals surface area contributed by atoms with Crippen molar-refractivity contribution in [3.8, 4) is 0 Å². The van der Waals surface area contributed by atoms with E-state index >= 15 is 0 Å². The van der Waals surface area contributed by atoms with E-state index in [1.165, 1.54) is 11.9 Å². The van der Waals surface area contributed by atoms with Gasteiger partial charge in [-0.25, -0.2) is 20.1 Å². The van der Waals surface area contributed by atoms with Crippen LogP contribution in [0, 0.1) is 0 Å². The second kappa shape index (κ2) is 6.59. The lowest BCUT2D eigenvalue weighted by Crippen LogP contribution is -2.49. The Balaban J connectivity index is 1.72. The molecule has 2 bridgehead atoms. The summed E-state index contributed by atoms with van der Waals surface area (Å²) in [5.74, 6) is -0.461. The first-order valence-electron chi connectivity index (χ1n) is 6.59. The molecule has 2 rings (SSSR count). The fourth-order valence-electron chi connectivity index (χ4n) is 2.36. The number of nitrogens with one attached hydrogen (secondary N) is 2. The molecule has 0 spiro atoms. The van der Waals surface area contributed by atoms with Gasteiger partial charge in [-0.1, -0.05) is 0 Å². The molecular weight excluding hydrogens is 284 g/mol. The Morgan fingerprint density at radius 3 is 2.86 bits per heavy atom. The highest BCUT2D eigenvalue weighted by Crippen LogP contribution is 2.28. The number of carbonyl (C=O) groups is 3. The minimum atomic E-state index is -0.661. The molecule has 21 heavy (non-hydrogen) atoms. The summed E-state index contributed by atoms with van der Waals surface area (Å²) in [5.41, 5.74) is 2.22. The molecule has 2 aliphatic rings. The highest BCUT2D eigenvalue weighted by atomic mass is 16.7. The zero-order valence-corrected chi connectivity index (χ0v) is 11.6. The molecule has 0 aromatic heterocycles. The number of fused-ring (bicyclic) bond motifs is 2. The molecule has 10 nitrogen and oxygen atoms in total. The van der Waals surface area contributed by atoms with Gasteiger partial charge in [-0.15, -0.1) is 0 Å². The molecule has 3 N–H and O–H groups in total. The second-order valence-corrected chi connectivity index (χ2v) is 4.73. The topological polar surface area (TPSA) is 120 Å². The number of piperidine rings is 1. The minimum absolute atomic E-state index is 0.00538. The van der Waals surface area contributed by atoms with E-state index in [1.54, 1.807) is 0 Å². The first-order valence-corrected chi connectivity index (χ1v) is 6.59. The Morgan fingerprint density at radius 2 is 2.14 bits per heavy atom. The predicted octanol–water partition coefficient (Wildman–Crippen LogP) is -0.952. The van der Waals surface area contributed by atoms with Crippen molar-refractivity contribution < 1.29 is 29.2 Å². The summed E-state index contributed by atoms with van der Waals surface area (Å²) in [6, 6.07) is -1.48. The van der Waals surface area contributed by atoms with Gasteiger partial charge in [-0.2, -0.15) is 0 Å². The third kappa shape index (κ3) is 3.34. The van der Waals surface area contributed by atoms with E-state index < -0.39 is 24.1 Å². The van der Waals surface area contributed by atoms with Crippen LogP contribution in [0.3, 0.4) is 0 Å². The molecule has 0 unspecified atom stereocenters. The van der Waals surface area contributed by atoms with Crippen LogP contribution in [0.1, 0.15) is 12.8 Å². The van der Waals surface area contributed by atoms with E-state index in [2.05, 4.69) is 15.5 Å². The van der Waals surface area contributed by atoms with Crippen LogP contribution in [-0.2, 0) is 14.4 Å². The lowest BCUT2D eigenvalue weighted by atomic mass is 10.0. The van der Waals surface area contributed by atoms with Gasteiger partial charge in [-0.05, 0) is 12.8 Å². The maximum Gasteiger partial charge on any atom is 0.406 e. The van der Waals surface area contributed by atoms with Crippen LogP contribution in [0.4, 0.5) is 9.59 Å². The fraction of sp³-hybridized carbons (Fsp3) is 0.727. The Bertz CT molecular complexity index is 431. The fourth-order valence-corrected chi connectivity index (χ4v) is 2.36. The number of urea groups is 1.